The van der Waals surface area contributed by atoms with Gasteiger partial charge >= 0.3 is 0 Å². The van der Waals surface area contributed by atoms with Gasteiger partial charge in [-0.05, 0) is 47.7 Å². The highest BCUT2D eigenvalue weighted by Crippen LogP contribution is 2.48. The Morgan fingerprint density at radius 3 is 2.56 bits per heavy atom. The molecule has 130 valence electrons. The monoisotopic (exact) mass is 356 g/mol. The fourth-order valence-corrected chi connectivity index (χ4v) is 3.31. The predicted octanol–water partition coefficient (Wildman–Crippen LogP) is 3.46. The lowest BCUT2D eigenvalue weighted by Gasteiger charge is -2.17. The highest BCUT2D eigenvalue weighted by molar-refractivity contribution is 6.30. The molecule has 1 N–H and O–H groups in total. The number of nitrogens with one attached hydrogen (secondary N) is 1. The zero-order chi connectivity index (χ0) is 18.0. The highest BCUT2D eigenvalue weighted by atomic mass is 35.5. The topological polar surface area (TPSA) is 49.4 Å². The van der Waals surface area contributed by atoms with Crippen molar-refractivity contribution in [1.29, 1.82) is 0 Å². The molecule has 2 unspecified atom stereocenters. The van der Waals surface area contributed by atoms with Gasteiger partial charge in [-0.2, -0.15) is 0 Å². The molecule has 2 aromatic carbocycles. The normalized spacial score (nSPS) is 18.5. The standard InChI is InChI=1S/C20H21ClN2O2/c1-22-19(24)14-8-6-13(7-9-14)12-23(2)20(25)18-11-17(18)15-4-3-5-16(21)10-15/h3-10,17-18H,11-12H2,1-2H3,(H,22,24). The number of hydrogen-bond acceptors (Lipinski definition) is 2. The number of benzene rings is 2. The maximum absolute atomic E-state index is 12.6. The van der Waals surface area contributed by atoms with E-state index in [0.29, 0.717) is 17.1 Å². The molecule has 0 saturated heterocycles. The Labute approximate surface area is 152 Å². The molecule has 5 heteroatoms. The van der Waals surface area contributed by atoms with Crippen molar-refractivity contribution in [1.82, 2.24) is 10.2 Å². The molecule has 1 saturated carbocycles. The van der Waals surface area contributed by atoms with Crippen LogP contribution in [0.5, 0.6) is 0 Å². The number of halogens is 1. The first kappa shape index (κ1) is 17.5. The SMILES string of the molecule is CNC(=O)c1ccc(CN(C)C(=O)C2CC2c2cccc(Cl)c2)cc1. The van der Waals surface area contributed by atoms with Crippen LogP contribution in [0, 0.1) is 5.92 Å². The van der Waals surface area contributed by atoms with Crippen LogP contribution in [0.1, 0.15) is 33.8 Å². The maximum atomic E-state index is 12.6. The lowest BCUT2D eigenvalue weighted by atomic mass is 10.1. The molecule has 1 fully saturated rings. The van der Waals surface area contributed by atoms with Crippen molar-refractivity contribution in [2.75, 3.05) is 14.1 Å². The van der Waals surface area contributed by atoms with Gasteiger partial charge in [0.25, 0.3) is 5.91 Å². The van der Waals surface area contributed by atoms with Gasteiger partial charge in [0.2, 0.25) is 5.91 Å². The zero-order valence-electron chi connectivity index (χ0n) is 14.3. The largest absolute Gasteiger partial charge is 0.355 e. The van der Waals surface area contributed by atoms with Crippen molar-refractivity contribution in [3.8, 4) is 0 Å². The van der Waals surface area contributed by atoms with E-state index in [1.165, 1.54) is 0 Å². The summed E-state index contributed by atoms with van der Waals surface area (Å²) < 4.78 is 0. The lowest BCUT2D eigenvalue weighted by Crippen LogP contribution is -2.28. The van der Waals surface area contributed by atoms with E-state index in [4.69, 9.17) is 11.6 Å². The smallest absolute Gasteiger partial charge is 0.251 e. The van der Waals surface area contributed by atoms with E-state index in [-0.39, 0.29) is 23.7 Å². The van der Waals surface area contributed by atoms with Crippen LogP contribution in [-0.2, 0) is 11.3 Å². The molecule has 0 aliphatic heterocycles. The molecule has 25 heavy (non-hydrogen) atoms. The van der Waals surface area contributed by atoms with E-state index < -0.39 is 0 Å². The Bertz CT molecular complexity index is 789. The molecule has 2 atom stereocenters. The van der Waals surface area contributed by atoms with Gasteiger partial charge in [-0.3, -0.25) is 9.59 Å². The summed E-state index contributed by atoms with van der Waals surface area (Å²) in [5.41, 5.74) is 2.75. The second-order valence-electron chi connectivity index (χ2n) is 6.47. The summed E-state index contributed by atoms with van der Waals surface area (Å²) in [7, 11) is 3.43. The molecule has 4 nitrogen and oxygen atoms in total. The Morgan fingerprint density at radius 2 is 1.92 bits per heavy atom. The Kier molecular flexibility index (Phi) is 5.09. The van der Waals surface area contributed by atoms with E-state index in [1.807, 2.05) is 43.4 Å². The van der Waals surface area contributed by atoms with Crippen molar-refractivity contribution in [2.45, 2.75) is 18.9 Å². The van der Waals surface area contributed by atoms with Gasteiger partial charge in [0.05, 0.1) is 0 Å². The van der Waals surface area contributed by atoms with Gasteiger partial charge in [-0.1, -0.05) is 35.9 Å². The molecule has 3 rings (SSSR count). The minimum Gasteiger partial charge on any atom is -0.355 e. The van der Waals surface area contributed by atoms with Gasteiger partial charge in [0, 0.05) is 37.1 Å². The van der Waals surface area contributed by atoms with Crippen molar-refractivity contribution in [3.05, 3.63) is 70.2 Å². The van der Waals surface area contributed by atoms with Crippen LogP contribution in [0.2, 0.25) is 5.02 Å². The van der Waals surface area contributed by atoms with Crippen LogP contribution < -0.4 is 5.32 Å². The molecular formula is C20H21ClN2O2. The first-order chi connectivity index (χ1) is 12.0. The number of rotatable bonds is 5. The van der Waals surface area contributed by atoms with E-state index in [1.54, 1.807) is 24.1 Å². The summed E-state index contributed by atoms with van der Waals surface area (Å²) in [4.78, 5) is 25.9. The van der Waals surface area contributed by atoms with Gasteiger partial charge in [0.15, 0.2) is 0 Å². The molecule has 0 aromatic heterocycles. The maximum Gasteiger partial charge on any atom is 0.251 e. The summed E-state index contributed by atoms with van der Waals surface area (Å²) in [6, 6.07) is 15.1. The predicted molar refractivity (Wildman–Crippen MR) is 98.6 cm³/mol. The fourth-order valence-electron chi connectivity index (χ4n) is 3.11. The molecule has 0 radical (unpaired) electrons. The average molecular weight is 357 g/mol. The third-order valence-electron chi connectivity index (χ3n) is 4.62. The number of hydrogen-bond donors (Lipinski definition) is 1. The second kappa shape index (κ2) is 7.28. The molecule has 0 bridgehead atoms. The van der Waals surface area contributed by atoms with Gasteiger partial charge in [-0.25, -0.2) is 0 Å². The van der Waals surface area contributed by atoms with Gasteiger partial charge < -0.3 is 10.2 Å². The first-order valence-electron chi connectivity index (χ1n) is 8.31. The molecular weight excluding hydrogens is 336 g/mol. The Morgan fingerprint density at radius 1 is 1.20 bits per heavy atom. The van der Waals surface area contributed by atoms with Crippen LogP contribution >= 0.6 is 11.6 Å². The van der Waals surface area contributed by atoms with Crippen LogP contribution in [0.3, 0.4) is 0 Å². The summed E-state index contributed by atoms with van der Waals surface area (Å²) in [6.07, 6.45) is 0.874. The Hall–Kier alpha value is -2.33. The fraction of sp³-hybridized carbons (Fsp3) is 0.300. The van der Waals surface area contributed by atoms with Crippen molar-refractivity contribution in [2.24, 2.45) is 5.92 Å². The lowest BCUT2D eigenvalue weighted by molar-refractivity contribution is -0.131. The number of carbonyl (C=O) groups excluding carboxylic acids is 2. The molecule has 2 aromatic rings. The summed E-state index contributed by atoms with van der Waals surface area (Å²) in [5, 5.41) is 3.30. The van der Waals surface area contributed by atoms with Crippen molar-refractivity contribution < 1.29 is 9.59 Å². The van der Waals surface area contributed by atoms with Gasteiger partial charge in [0.1, 0.15) is 0 Å². The van der Waals surface area contributed by atoms with Crippen molar-refractivity contribution >= 4 is 23.4 Å². The average Bonchev–Trinajstić information content (AvgIpc) is 3.41. The molecule has 0 heterocycles. The van der Waals surface area contributed by atoms with E-state index in [9.17, 15) is 9.59 Å². The summed E-state index contributed by atoms with van der Waals surface area (Å²) in [6.45, 7) is 0.533. The highest BCUT2D eigenvalue weighted by Gasteiger charge is 2.45. The molecule has 0 spiro atoms. The Balaban J connectivity index is 1.59. The van der Waals surface area contributed by atoms with E-state index in [0.717, 1.165) is 17.5 Å². The molecule has 2 amide bonds. The third kappa shape index (κ3) is 4.02. The van der Waals surface area contributed by atoms with Crippen LogP contribution in [0.4, 0.5) is 0 Å². The minimum absolute atomic E-state index is 0.0357. The molecule has 1 aliphatic carbocycles. The minimum atomic E-state index is -0.113. The quantitative estimate of drug-likeness (QED) is 0.891. The molecule has 1 aliphatic rings. The first-order valence-corrected chi connectivity index (χ1v) is 8.69. The number of carbonyl (C=O) groups is 2. The third-order valence-corrected chi connectivity index (χ3v) is 4.86. The van der Waals surface area contributed by atoms with E-state index in [2.05, 4.69) is 5.32 Å². The summed E-state index contributed by atoms with van der Waals surface area (Å²) >= 11 is 6.04. The van der Waals surface area contributed by atoms with Crippen LogP contribution in [-0.4, -0.2) is 30.8 Å². The second-order valence-corrected chi connectivity index (χ2v) is 6.91. The van der Waals surface area contributed by atoms with Crippen LogP contribution in [0.15, 0.2) is 48.5 Å². The zero-order valence-corrected chi connectivity index (χ0v) is 15.1. The number of nitrogens with zero attached hydrogens (tertiary/aromatic N) is 1. The van der Waals surface area contributed by atoms with E-state index >= 15 is 0 Å². The number of amides is 2. The van der Waals surface area contributed by atoms with Gasteiger partial charge in [-0.15, -0.1) is 0 Å². The van der Waals surface area contributed by atoms with Crippen LogP contribution in [0.25, 0.3) is 0 Å². The summed E-state index contributed by atoms with van der Waals surface area (Å²) in [5.74, 6) is 0.344. The van der Waals surface area contributed by atoms with Crippen molar-refractivity contribution in [3.63, 3.8) is 0 Å².